The molecular formula is C9H12O3S2. The summed E-state index contributed by atoms with van der Waals surface area (Å²) in [5.41, 5.74) is 1.25. The fourth-order valence-electron chi connectivity index (χ4n) is 1.23. The highest BCUT2D eigenvalue weighted by molar-refractivity contribution is 7.95. The van der Waals surface area contributed by atoms with Crippen LogP contribution in [0.1, 0.15) is 0 Å². The molecule has 1 fully saturated rings. The Morgan fingerprint density at radius 3 is 3.21 bits per heavy atom. The summed E-state index contributed by atoms with van der Waals surface area (Å²) in [6, 6.07) is 0. The van der Waals surface area contributed by atoms with E-state index in [4.69, 9.17) is 20.1 Å². The predicted molar refractivity (Wildman–Crippen MR) is 60.1 cm³/mol. The van der Waals surface area contributed by atoms with Crippen molar-refractivity contribution in [1.29, 1.82) is 0 Å². The molecule has 3 nitrogen and oxygen atoms in total. The minimum Gasteiger partial charge on any atom is -0.422 e. The lowest BCUT2D eigenvalue weighted by atomic mass is 10.1. The number of terminal acetylenes is 1. The van der Waals surface area contributed by atoms with E-state index in [-0.39, 0.29) is 6.10 Å². The van der Waals surface area contributed by atoms with E-state index >= 15 is 0 Å². The molecule has 5 heteroatoms. The molecule has 0 aromatic heterocycles. The van der Waals surface area contributed by atoms with Gasteiger partial charge in [0.2, 0.25) is 0 Å². The molecule has 0 unspecified atom stereocenters. The third-order valence-corrected chi connectivity index (χ3v) is 2.92. The van der Waals surface area contributed by atoms with Gasteiger partial charge in [0.1, 0.15) is 6.61 Å². The van der Waals surface area contributed by atoms with Crippen molar-refractivity contribution in [3.05, 3.63) is 0 Å². The van der Waals surface area contributed by atoms with Crippen molar-refractivity contribution in [3.8, 4) is 12.3 Å². The van der Waals surface area contributed by atoms with Crippen LogP contribution >= 0.6 is 24.3 Å². The van der Waals surface area contributed by atoms with E-state index in [0.717, 1.165) is 5.75 Å². The Morgan fingerprint density at radius 2 is 2.50 bits per heavy atom. The van der Waals surface area contributed by atoms with Crippen LogP contribution in [-0.2, 0) is 13.7 Å². The molecule has 2 atom stereocenters. The molecule has 1 aliphatic heterocycles. The van der Waals surface area contributed by atoms with Gasteiger partial charge in [-0.05, 0) is 12.2 Å². The maximum absolute atomic E-state index is 5.43. The third kappa shape index (κ3) is 3.84. The van der Waals surface area contributed by atoms with Gasteiger partial charge in [-0.2, -0.15) is 0 Å². The fourth-order valence-corrected chi connectivity index (χ4v) is 2.01. The van der Waals surface area contributed by atoms with Gasteiger partial charge in [0, 0.05) is 11.7 Å². The van der Waals surface area contributed by atoms with E-state index < -0.39 is 0 Å². The van der Waals surface area contributed by atoms with Crippen LogP contribution in [0.3, 0.4) is 0 Å². The van der Waals surface area contributed by atoms with Crippen LogP contribution in [0.15, 0.2) is 0 Å². The molecular weight excluding hydrogens is 220 g/mol. The lowest BCUT2D eigenvalue weighted by Gasteiger charge is -2.15. The van der Waals surface area contributed by atoms with Crippen molar-refractivity contribution in [1.82, 2.24) is 0 Å². The monoisotopic (exact) mass is 232 g/mol. The Kier molecular flexibility index (Phi) is 5.96. The third-order valence-electron chi connectivity index (χ3n) is 1.91. The highest BCUT2D eigenvalue weighted by Crippen LogP contribution is 2.21. The normalized spacial score (nSPS) is 25.6. The first-order valence-corrected chi connectivity index (χ1v) is 5.61. The van der Waals surface area contributed by atoms with Gasteiger partial charge in [-0.15, -0.1) is 6.42 Å². The second-order valence-electron chi connectivity index (χ2n) is 2.83. The number of hydrogen-bond donors (Lipinski definition) is 0. The molecule has 14 heavy (non-hydrogen) atoms. The van der Waals surface area contributed by atoms with Crippen molar-refractivity contribution in [2.24, 2.45) is 5.92 Å². The van der Waals surface area contributed by atoms with E-state index in [9.17, 15) is 0 Å². The molecule has 0 saturated carbocycles. The second kappa shape index (κ2) is 7.07. The van der Waals surface area contributed by atoms with Gasteiger partial charge in [-0.1, -0.05) is 5.92 Å². The smallest absolute Gasteiger partial charge is 0.164 e. The Labute approximate surface area is 93.7 Å². The van der Waals surface area contributed by atoms with Crippen LogP contribution in [0.2, 0.25) is 0 Å². The minimum atomic E-state index is 0.0901. The van der Waals surface area contributed by atoms with Crippen molar-refractivity contribution < 1.29 is 13.7 Å². The molecule has 0 radical (unpaired) electrons. The lowest BCUT2D eigenvalue weighted by molar-refractivity contribution is 0.0502. The SMILES string of the molecule is C#CCO[C@@H]1COC[C@@H]1CSOC=S. The summed E-state index contributed by atoms with van der Waals surface area (Å²) in [4.78, 5) is 0. The van der Waals surface area contributed by atoms with Gasteiger partial charge in [-0.3, -0.25) is 0 Å². The summed E-state index contributed by atoms with van der Waals surface area (Å²) in [6.07, 6.45) is 5.20. The van der Waals surface area contributed by atoms with Crippen molar-refractivity contribution in [2.75, 3.05) is 25.6 Å². The minimum absolute atomic E-state index is 0.0901. The maximum Gasteiger partial charge on any atom is 0.164 e. The van der Waals surface area contributed by atoms with Gasteiger partial charge < -0.3 is 13.7 Å². The molecule has 0 amide bonds. The van der Waals surface area contributed by atoms with Crippen LogP contribution in [0.5, 0.6) is 0 Å². The Bertz CT molecular complexity index is 215. The molecule has 0 aliphatic carbocycles. The Balaban J connectivity index is 2.21. The quantitative estimate of drug-likeness (QED) is 0.298. The van der Waals surface area contributed by atoms with E-state index in [2.05, 4.69) is 18.1 Å². The molecule has 0 N–H and O–H groups in total. The number of ether oxygens (including phenoxy) is 2. The predicted octanol–water partition coefficient (Wildman–Crippen LogP) is 1.27. The zero-order valence-electron chi connectivity index (χ0n) is 7.68. The summed E-state index contributed by atoms with van der Waals surface area (Å²) >= 11 is 5.85. The van der Waals surface area contributed by atoms with Gasteiger partial charge in [-0.25, -0.2) is 0 Å². The molecule has 0 spiro atoms. The fraction of sp³-hybridized carbons (Fsp3) is 0.667. The summed E-state index contributed by atoms with van der Waals surface area (Å²) in [7, 11) is 0. The average Bonchev–Trinajstić information content (AvgIpc) is 2.63. The highest BCUT2D eigenvalue weighted by Gasteiger charge is 2.29. The molecule has 78 valence electrons. The molecule has 0 aromatic carbocycles. The summed E-state index contributed by atoms with van der Waals surface area (Å²) < 4.78 is 15.6. The molecule has 1 heterocycles. The second-order valence-corrected chi connectivity index (χ2v) is 3.78. The zero-order chi connectivity index (χ0) is 10.2. The zero-order valence-corrected chi connectivity index (χ0v) is 9.31. The van der Waals surface area contributed by atoms with Crippen molar-refractivity contribution in [3.63, 3.8) is 0 Å². The summed E-state index contributed by atoms with van der Waals surface area (Å²) in [6.45, 7) is 1.65. The summed E-state index contributed by atoms with van der Waals surface area (Å²) in [5, 5.41) is 0. The summed E-state index contributed by atoms with van der Waals surface area (Å²) in [5.74, 6) is 3.59. The maximum atomic E-state index is 5.43. The largest absolute Gasteiger partial charge is 0.422 e. The average molecular weight is 232 g/mol. The van der Waals surface area contributed by atoms with E-state index in [1.54, 1.807) is 0 Å². The number of rotatable bonds is 6. The van der Waals surface area contributed by atoms with Gasteiger partial charge >= 0.3 is 0 Å². The number of thiocarbonyl (C=S) groups is 1. The van der Waals surface area contributed by atoms with Gasteiger partial charge in [0.05, 0.1) is 31.4 Å². The molecule has 1 rings (SSSR count). The molecule has 0 aromatic rings. The molecule has 1 saturated heterocycles. The first-order valence-electron chi connectivity index (χ1n) is 4.23. The standard InChI is InChI=1S/C9H12O3S2/c1-2-3-11-9-5-10-4-8(9)6-14-12-7-13/h1,7-9H,3-6H2/t8-,9-/m1/s1. The topological polar surface area (TPSA) is 27.7 Å². The van der Waals surface area contributed by atoms with Crippen molar-refractivity contribution >= 4 is 29.8 Å². The van der Waals surface area contributed by atoms with Crippen LogP contribution in [0.25, 0.3) is 0 Å². The molecule has 0 bridgehead atoms. The van der Waals surface area contributed by atoms with Crippen molar-refractivity contribution in [2.45, 2.75) is 6.10 Å². The van der Waals surface area contributed by atoms with E-state index in [0.29, 0.717) is 25.7 Å². The number of hydrogen-bond acceptors (Lipinski definition) is 5. The first kappa shape index (κ1) is 11.8. The van der Waals surface area contributed by atoms with Crippen LogP contribution in [-0.4, -0.2) is 37.2 Å². The Hall–Kier alpha value is -0.280. The van der Waals surface area contributed by atoms with E-state index in [1.165, 1.54) is 17.6 Å². The van der Waals surface area contributed by atoms with Crippen LogP contribution in [0.4, 0.5) is 0 Å². The van der Waals surface area contributed by atoms with E-state index in [1.807, 2.05) is 0 Å². The van der Waals surface area contributed by atoms with Crippen LogP contribution in [0, 0.1) is 18.3 Å². The van der Waals surface area contributed by atoms with Crippen LogP contribution < -0.4 is 0 Å². The van der Waals surface area contributed by atoms with Gasteiger partial charge in [0.25, 0.3) is 0 Å². The lowest BCUT2D eigenvalue weighted by Crippen LogP contribution is -2.24. The first-order chi connectivity index (χ1) is 6.88. The van der Waals surface area contributed by atoms with Gasteiger partial charge in [0.15, 0.2) is 5.55 Å². The Morgan fingerprint density at radius 1 is 1.64 bits per heavy atom. The molecule has 1 aliphatic rings. The highest BCUT2D eigenvalue weighted by atomic mass is 32.2.